The van der Waals surface area contributed by atoms with E-state index < -0.39 is 16.6 Å². The van der Waals surface area contributed by atoms with E-state index in [1.54, 1.807) is 18.4 Å². The van der Waals surface area contributed by atoms with Crippen molar-refractivity contribution in [3.63, 3.8) is 0 Å². The van der Waals surface area contributed by atoms with Crippen molar-refractivity contribution in [1.29, 1.82) is 0 Å². The van der Waals surface area contributed by atoms with E-state index in [1.165, 1.54) is 12.1 Å². The molecule has 2 rings (SSSR count). The molecule has 17 heavy (non-hydrogen) atoms. The highest BCUT2D eigenvalue weighted by Gasteiger charge is 2.09. The number of halogens is 1. The summed E-state index contributed by atoms with van der Waals surface area (Å²) < 4.78 is 25.0. The molecule has 2 aromatic rings. The summed E-state index contributed by atoms with van der Waals surface area (Å²) in [6.07, 6.45) is 1.60. The van der Waals surface area contributed by atoms with Gasteiger partial charge in [-0.1, -0.05) is 24.3 Å². The maximum absolute atomic E-state index is 13.4. The van der Waals surface area contributed by atoms with Crippen LogP contribution in [0.25, 0.3) is 11.1 Å². The van der Waals surface area contributed by atoms with Crippen molar-refractivity contribution in [1.82, 2.24) is 0 Å². The third-order valence-electron chi connectivity index (χ3n) is 2.51. The molecule has 0 aromatic heterocycles. The summed E-state index contributed by atoms with van der Waals surface area (Å²) in [5.74, 6) is -0.459. The summed E-state index contributed by atoms with van der Waals surface area (Å²) in [4.78, 5) is 0.691. The Morgan fingerprint density at radius 3 is 2.53 bits per heavy atom. The molecule has 0 saturated heterocycles. The Kier molecular flexibility index (Phi) is 3.24. The van der Waals surface area contributed by atoms with Crippen LogP contribution in [0.5, 0.6) is 0 Å². The molecule has 0 aliphatic heterocycles. The van der Waals surface area contributed by atoms with Crippen LogP contribution in [0, 0.1) is 5.82 Å². The molecular weight excluding hydrogens is 237 g/mol. The molecule has 0 fully saturated rings. The van der Waals surface area contributed by atoms with Crippen LogP contribution in [-0.2, 0) is 10.8 Å². The molecule has 0 aliphatic rings. The van der Waals surface area contributed by atoms with Crippen LogP contribution in [0.1, 0.15) is 0 Å². The van der Waals surface area contributed by atoms with E-state index in [2.05, 4.69) is 0 Å². The van der Waals surface area contributed by atoms with Crippen molar-refractivity contribution in [2.75, 3.05) is 12.0 Å². The lowest BCUT2D eigenvalue weighted by molar-refractivity contribution is 0.633. The van der Waals surface area contributed by atoms with E-state index in [0.29, 0.717) is 10.5 Å². The molecule has 1 atom stereocenters. The minimum Gasteiger partial charge on any atom is -0.396 e. The summed E-state index contributed by atoms with van der Waals surface area (Å²) in [5.41, 5.74) is 7.00. The highest BCUT2D eigenvalue weighted by atomic mass is 32.2. The normalized spacial score (nSPS) is 12.4. The lowest BCUT2D eigenvalue weighted by Gasteiger charge is -2.08. The molecular formula is C13H12FNOS. The summed E-state index contributed by atoms with van der Waals surface area (Å²) in [7, 11) is -1.11. The van der Waals surface area contributed by atoms with Crippen LogP contribution < -0.4 is 5.73 Å². The van der Waals surface area contributed by atoms with E-state index in [-0.39, 0.29) is 5.69 Å². The van der Waals surface area contributed by atoms with Gasteiger partial charge in [0.2, 0.25) is 0 Å². The molecule has 0 aliphatic carbocycles. The molecule has 0 radical (unpaired) electrons. The van der Waals surface area contributed by atoms with E-state index in [9.17, 15) is 8.60 Å². The smallest absolute Gasteiger partial charge is 0.146 e. The van der Waals surface area contributed by atoms with Gasteiger partial charge in [-0.15, -0.1) is 0 Å². The standard InChI is InChI=1S/C13H12FNOS/c1-17(16)13-5-3-2-4-10(13)9-6-7-12(15)11(14)8-9/h2-8H,15H2,1H3. The molecule has 2 N–H and O–H groups in total. The van der Waals surface area contributed by atoms with Gasteiger partial charge in [0.25, 0.3) is 0 Å². The Morgan fingerprint density at radius 2 is 1.88 bits per heavy atom. The molecule has 1 unspecified atom stereocenters. The first-order valence-corrected chi connectivity index (χ1v) is 6.63. The van der Waals surface area contributed by atoms with E-state index in [1.807, 2.05) is 18.2 Å². The van der Waals surface area contributed by atoms with Gasteiger partial charge >= 0.3 is 0 Å². The predicted molar refractivity (Wildman–Crippen MR) is 68.6 cm³/mol. The second kappa shape index (κ2) is 4.67. The van der Waals surface area contributed by atoms with E-state index >= 15 is 0 Å². The van der Waals surface area contributed by atoms with Gasteiger partial charge in [-0.2, -0.15) is 0 Å². The Bertz CT molecular complexity index is 583. The van der Waals surface area contributed by atoms with Gasteiger partial charge < -0.3 is 5.73 Å². The van der Waals surface area contributed by atoms with Gasteiger partial charge in [-0.3, -0.25) is 4.21 Å². The third kappa shape index (κ3) is 2.36. The fourth-order valence-electron chi connectivity index (χ4n) is 1.65. The van der Waals surface area contributed by atoms with Crippen LogP contribution in [0.15, 0.2) is 47.4 Å². The van der Waals surface area contributed by atoms with Gasteiger partial charge in [0.15, 0.2) is 0 Å². The molecule has 4 heteroatoms. The minimum atomic E-state index is -1.11. The number of hydrogen-bond donors (Lipinski definition) is 1. The molecule has 0 amide bonds. The largest absolute Gasteiger partial charge is 0.396 e. The highest BCUT2D eigenvalue weighted by molar-refractivity contribution is 7.84. The third-order valence-corrected chi connectivity index (χ3v) is 3.48. The Hall–Kier alpha value is -1.68. The van der Waals surface area contributed by atoms with Crippen LogP contribution >= 0.6 is 0 Å². The fraction of sp³-hybridized carbons (Fsp3) is 0.0769. The van der Waals surface area contributed by atoms with Crippen LogP contribution in [0.3, 0.4) is 0 Å². The molecule has 0 heterocycles. The first-order chi connectivity index (χ1) is 8.09. The van der Waals surface area contributed by atoms with Crippen molar-refractivity contribution in [2.24, 2.45) is 0 Å². The van der Waals surface area contributed by atoms with Crippen molar-refractivity contribution in [3.8, 4) is 11.1 Å². The van der Waals surface area contributed by atoms with Crippen LogP contribution in [0.4, 0.5) is 10.1 Å². The maximum Gasteiger partial charge on any atom is 0.146 e. The fourth-order valence-corrected chi connectivity index (χ4v) is 2.42. The first-order valence-electron chi connectivity index (χ1n) is 5.07. The van der Waals surface area contributed by atoms with Gasteiger partial charge in [0.05, 0.1) is 16.5 Å². The van der Waals surface area contributed by atoms with Crippen LogP contribution in [0.2, 0.25) is 0 Å². The second-order valence-electron chi connectivity index (χ2n) is 3.69. The predicted octanol–water partition coefficient (Wildman–Crippen LogP) is 2.81. The summed E-state index contributed by atoms with van der Waals surface area (Å²) in [6.45, 7) is 0. The monoisotopic (exact) mass is 249 g/mol. The second-order valence-corrected chi connectivity index (χ2v) is 5.03. The first kappa shape index (κ1) is 11.8. The quantitative estimate of drug-likeness (QED) is 0.832. The molecule has 0 bridgehead atoms. The molecule has 2 nitrogen and oxygen atoms in total. The number of benzene rings is 2. The summed E-state index contributed by atoms with van der Waals surface area (Å²) in [6, 6.07) is 11.8. The minimum absolute atomic E-state index is 0.115. The molecule has 0 spiro atoms. The maximum atomic E-state index is 13.4. The lowest BCUT2D eigenvalue weighted by Crippen LogP contribution is -1.94. The van der Waals surface area contributed by atoms with E-state index in [4.69, 9.17) is 5.73 Å². The van der Waals surface area contributed by atoms with Gasteiger partial charge in [-0.25, -0.2) is 4.39 Å². The summed E-state index contributed by atoms with van der Waals surface area (Å²) >= 11 is 0. The van der Waals surface area contributed by atoms with Crippen LogP contribution in [-0.4, -0.2) is 10.5 Å². The molecule has 88 valence electrons. The van der Waals surface area contributed by atoms with Gasteiger partial charge in [-0.05, 0) is 29.3 Å². The van der Waals surface area contributed by atoms with Crippen molar-refractivity contribution in [3.05, 3.63) is 48.3 Å². The lowest BCUT2D eigenvalue weighted by atomic mass is 10.1. The van der Waals surface area contributed by atoms with Crippen molar-refractivity contribution < 1.29 is 8.60 Å². The number of nitrogens with two attached hydrogens (primary N) is 1. The van der Waals surface area contributed by atoms with Crippen molar-refractivity contribution >= 4 is 16.5 Å². The Balaban J connectivity index is 2.60. The van der Waals surface area contributed by atoms with Gasteiger partial charge in [0.1, 0.15) is 5.82 Å². The van der Waals surface area contributed by atoms with E-state index in [0.717, 1.165) is 5.56 Å². The zero-order chi connectivity index (χ0) is 12.4. The zero-order valence-corrected chi connectivity index (χ0v) is 10.1. The Labute approximate surface area is 102 Å². The number of rotatable bonds is 2. The topological polar surface area (TPSA) is 43.1 Å². The molecule has 0 saturated carbocycles. The number of anilines is 1. The average molecular weight is 249 g/mol. The van der Waals surface area contributed by atoms with Crippen molar-refractivity contribution in [2.45, 2.75) is 4.90 Å². The average Bonchev–Trinajstić information content (AvgIpc) is 2.32. The molecule has 2 aromatic carbocycles. The Morgan fingerprint density at radius 1 is 1.18 bits per heavy atom. The number of hydrogen-bond acceptors (Lipinski definition) is 2. The van der Waals surface area contributed by atoms with Gasteiger partial charge in [0, 0.05) is 11.2 Å². The SMILES string of the molecule is CS(=O)c1ccccc1-c1ccc(N)c(F)c1. The summed E-state index contributed by atoms with van der Waals surface area (Å²) in [5, 5.41) is 0. The number of nitrogen functional groups attached to an aromatic ring is 1. The zero-order valence-electron chi connectivity index (χ0n) is 9.31. The highest BCUT2D eigenvalue weighted by Crippen LogP contribution is 2.27.